The van der Waals surface area contributed by atoms with Crippen LogP contribution in [0.15, 0.2) is 18.2 Å². The van der Waals surface area contributed by atoms with Crippen LogP contribution in [0.1, 0.15) is 27.7 Å². The summed E-state index contributed by atoms with van der Waals surface area (Å²) in [6, 6.07) is 5.55. The first-order valence-corrected chi connectivity index (χ1v) is 6.96. The summed E-state index contributed by atoms with van der Waals surface area (Å²) < 4.78 is 0.874. The molecule has 1 aliphatic rings. The van der Waals surface area contributed by atoms with Crippen LogP contribution in [0.25, 0.3) is 0 Å². The van der Waals surface area contributed by atoms with Crippen LogP contribution in [0.2, 0.25) is 0 Å². The summed E-state index contributed by atoms with van der Waals surface area (Å²) in [6.07, 6.45) is 0. The number of nitrogens with one attached hydrogen (secondary N) is 1. The molecule has 0 radical (unpaired) electrons. The second kappa shape index (κ2) is 4.08. The molecule has 0 bridgehead atoms. The summed E-state index contributed by atoms with van der Waals surface area (Å²) in [4.78, 5) is 10.7. The Morgan fingerprint density at radius 1 is 1.28 bits per heavy atom. The highest BCUT2D eigenvalue weighted by Crippen LogP contribution is 2.64. The Balaban J connectivity index is 2.29. The van der Waals surface area contributed by atoms with Crippen LogP contribution in [0.4, 0.5) is 11.4 Å². The van der Waals surface area contributed by atoms with Crippen molar-refractivity contribution in [2.45, 2.75) is 33.7 Å². The zero-order valence-corrected chi connectivity index (χ0v) is 13.1. The number of anilines is 1. The van der Waals surface area contributed by atoms with Gasteiger partial charge in [-0.25, -0.2) is 0 Å². The lowest BCUT2D eigenvalue weighted by Gasteiger charge is -2.09. The molecular formula is C13H17IN2O2. The van der Waals surface area contributed by atoms with E-state index in [1.807, 2.05) is 6.07 Å². The van der Waals surface area contributed by atoms with Crippen LogP contribution in [0.5, 0.6) is 0 Å². The molecule has 0 amide bonds. The number of benzene rings is 1. The molecule has 0 spiro atoms. The second-order valence-corrected chi connectivity index (χ2v) is 7.18. The normalized spacial score (nSPS) is 20.5. The molecule has 1 N–H and O–H groups in total. The lowest BCUT2D eigenvalue weighted by molar-refractivity contribution is -0.384. The number of nitro groups is 1. The van der Waals surface area contributed by atoms with E-state index in [1.54, 1.807) is 12.1 Å². The van der Waals surface area contributed by atoms with E-state index in [4.69, 9.17) is 0 Å². The van der Waals surface area contributed by atoms with Gasteiger partial charge in [0.2, 0.25) is 0 Å². The van der Waals surface area contributed by atoms with E-state index in [2.05, 4.69) is 55.6 Å². The molecule has 1 aliphatic carbocycles. The number of halogens is 1. The zero-order valence-electron chi connectivity index (χ0n) is 11.0. The van der Waals surface area contributed by atoms with Crippen LogP contribution in [0, 0.1) is 24.5 Å². The number of nitro benzene ring substituents is 1. The van der Waals surface area contributed by atoms with Gasteiger partial charge < -0.3 is 5.32 Å². The number of hydrogen-bond acceptors (Lipinski definition) is 3. The van der Waals surface area contributed by atoms with Gasteiger partial charge >= 0.3 is 0 Å². The fourth-order valence-corrected chi connectivity index (χ4v) is 2.97. The predicted octanol–water partition coefficient (Wildman–Crippen LogP) is 4.05. The van der Waals surface area contributed by atoms with E-state index in [9.17, 15) is 10.1 Å². The average molecular weight is 360 g/mol. The molecule has 0 saturated heterocycles. The molecular weight excluding hydrogens is 343 g/mol. The van der Waals surface area contributed by atoms with Crippen molar-refractivity contribution >= 4 is 34.0 Å². The zero-order chi connectivity index (χ0) is 13.7. The van der Waals surface area contributed by atoms with Crippen LogP contribution in [-0.4, -0.2) is 11.0 Å². The van der Waals surface area contributed by atoms with Crippen molar-refractivity contribution in [2.24, 2.45) is 10.8 Å². The van der Waals surface area contributed by atoms with E-state index in [0.29, 0.717) is 5.69 Å². The summed E-state index contributed by atoms with van der Waals surface area (Å²) >= 11 is 2.09. The minimum absolute atomic E-state index is 0.153. The van der Waals surface area contributed by atoms with Crippen molar-refractivity contribution in [3.63, 3.8) is 0 Å². The Morgan fingerprint density at radius 3 is 2.28 bits per heavy atom. The van der Waals surface area contributed by atoms with Gasteiger partial charge in [0.05, 0.1) is 4.92 Å². The molecule has 18 heavy (non-hydrogen) atoms. The number of hydrogen-bond donors (Lipinski definition) is 1. The third kappa shape index (κ3) is 1.98. The van der Waals surface area contributed by atoms with Gasteiger partial charge in [0, 0.05) is 15.7 Å². The van der Waals surface area contributed by atoms with Crippen LogP contribution in [0.3, 0.4) is 0 Å². The van der Waals surface area contributed by atoms with Crippen molar-refractivity contribution in [3.05, 3.63) is 31.9 Å². The van der Waals surface area contributed by atoms with Gasteiger partial charge in [0.15, 0.2) is 0 Å². The molecule has 98 valence electrons. The third-order valence-corrected chi connectivity index (χ3v) is 5.15. The van der Waals surface area contributed by atoms with Gasteiger partial charge in [-0.1, -0.05) is 27.7 Å². The van der Waals surface area contributed by atoms with Crippen LogP contribution >= 0.6 is 22.6 Å². The van der Waals surface area contributed by atoms with E-state index >= 15 is 0 Å². The molecule has 5 heteroatoms. The van der Waals surface area contributed by atoms with Gasteiger partial charge in [0.25, 0.3) is 5.69 Å². The highest BCUT2D eigenvalue weighted by atomic mass is 127. The molecule has 1 aromatic carbocycles. The van der Waals surface area contributed by atoms with Crippen molar-refractivity contribution in [3.8, 4) is 0 Å². The molecule has 1 aromatic rings. The van der Waals surface area contributed by atoms with Gasteiger partial charge in [-0.15, -0.1) is 0 Å². The topological polar surface area (TPSA) is 55.2 Å². The molecule has 0 aliphatic heterocycles. The van der Waals surface area contributed by atoms with Gasteiger partial charge in [-0.05, 0) is 45.6 Å². The number of rotatable bonds is 3. The first-order chi connectivity index (χ1) is 8.18. The smallest absolute Gasteiger partial charge is 0.293 e. The SMILES string of the molecule is CC1(C)C(Nc2ccc(I)cc2[N+](=O)[O-])C1(C)C. The van der Waals surface area contributed by atoms with Crippen molar-refractivity contribution in [2.75, 3.05) is 5.32 Å². The summed E-state index contributed by atoms with van der Waals surface area (Å²) in [5, 5.41) is 14.4. The molecule has 0 atom stereocenters. The van der Waals surface area contributed by atoms with E-state index < -0.39 is 0 Å². The molecule has 2 rings (SSSR count). The minimum atomic E-state index is -0.327. The molecule has 0 aromatic heterocycles. The maximum atomic E-state index is 11.1. The Labute approximate surface area is 120 Å². The first kappa shape index (κ1) is 13.6. The Bertz CT molecular complexity index is 498. The maximum Gasteiger partial charge on any atom is 0.293 e. The molecule has 4 nitrogen and oxygen atoms in total. The first-order valence-electron chi connectivity index (χ1n) is 5.88. The predicted molar refractivity (Wildman–Crippen MR) is 80.8 cm³/mol. The highest BCUT2D eigenvalue weighted by molar-refractivity contribution is 14.1. The summed E-state index contributed by atoms with van der Waals surface area (Å²) in [7, 11) is 0. The van der Waals surface area contributed by atoms with E-state index in [0.717, 1.165) is 3.57 Å². The monoisotopic (exact) mass is 360 g/mol. The highest BCUT2D eigenvalue weighted by Gasteiger charge is 2.65. The fraction of sp³-hybridized carbons (Fsp3) is 0.538. The summed E-state index contributed by atoms with van der Waals surface area (Å²) in [5.74, 6) is 0. The van der Waals surface area contributed by atoms with Gasteiger partial charge in [-0.2, -0.15) is 0 Å². The standard InChI is InChI=1S/C13H17IN2O2/c1-12(2)11(13(12,3)4)15-9-6-5-8(14)7-10(9)16(17)18/h5-7,11,15H,1-4H3. The van der Waals surface area contributed by atoms with Gasteiger partial charge in [0.1, 0.15) is 5.69 Å². The molecule has 1 saturated carbocycles. The van der Waals surface area contributed by atoms with Crippen LogP contribution in [-0.2, 0) is 0 Å². The Kier molecular flexibility index (Phi) is 3.08. The van der Waals surface area contributed by atoms with Gasteiger partial charge in [-0.3, -0.25) is 10.1 Å². The fourth-order valence-electron chi connectivity index (χ4n) is 2.49. The quantitative estimate of drug-likeness (QED) is 0.503. The Morgan fingerprint density at radius 2 is 1.83 bits per heavy atom. The van der Waals surface area contributed by atoms with E-state index in [-0.39, 0.29) is 27.5 Å². The largest absolute Gasteiger partial charge is 0.376 e. The minimum Gasteiger partial charge on any atom is -0.376 e. The Hall–Kier alpha value is -0.850. The van der Waals surface area contributed by atoms with Crippen molar-refractivity contribution in [1.29, 1.82) is 0 Å². The average Bonchev–Trinajstić information content (AvgIpc) is 2.62. The summed E-state index contributed by atoms with van der Waals surface area (Å²) in [6.45, 7) is 8.73. The maximum absolute atomic E-state index is 11.1. The molecule has 0 heterocycles. The lowest BCUT2D eigenvalue weighted by Crippen LogP contribution is -2.11. The number of nitrogens with zero attached hydrogens (tertiary/aromatic N) is 1. The van der Waals surface area contributed by atoms with Crippen molar-refractivity contribution in [1.82, 2.24) is 0 Å². The molecule has 1 fully saturated rings. The van der Waals surface area contributed by atoms with E-state index in [1.165, 1.54) is 0 Å². The van der Waals surface area contributed by atoms with Crippen molar-refractivity contribution < 1.29 is 4.92 Å². The van der Waals surface area contributed by atoms with Crippen LogP contribution < -0.4 is 5.32 Å². The lowest BCUT2D eigenvalue weighted by atomic mass is 10.0. The third-order valence-electron chi connectivity index (χ3n) is 4.48. The second-order valence-electron chi connectivity index (χ2n) is 5.94. The molecule has 0 unspecified atom stereocenters. The summed E-state index contributed by atoms with van der Waals surface area (Å²) in [5.41, 5.74) is 1.08.